The van der Waals surface area contributed by atoms with Gasteiger partial charge in [-0.15, -0.1) is 0 Å². The molecule has 0 aliphatic heterocycles. The third-order valence-electron chi connectivity index (χ3n) is 3.17. The molecule has 0 bridgehead atoms. The summed E-state index contributed by atoms with van der Waals surface area (Å²) >= 11 is 0. The van der Waals surface area contributed by atoms with Crippen LogP contribution < -0.4 is 5.73 Å². The van der Waals surface area contributed by atoms with Crippen molar-refractivity contribution in [3.63, 3.8) is 0 Å². The van der Waals surface area contributed by atoms with Gasteiger partial charge in [0.15, 0.2) is 5.84 Å². The van der Waals surface area contributed by atoms with E-state index in [2.05, 4.69) is 10.1 Å². The van der Waals surface area contributed by atoms with E-state index in [4.69, 9.17) is 10.9 Å². The number of rotatable bonds is 6. The van der Waals surface area contributed by atoms with Gasteiger partial charge < -0.3 is 15.8 Å². The molecule has 110 valence electrons. The van der Waals surface area contributed by atoms with Gasteiger partial charge in [-0.05, 0) is 32.4 Å². The summed E-state index contributed by atoms with van der Waals surface area (Å²) in [5.41, 5.74) is 7.32. The van der Waals surface area contributed by atoms with Crippen molar-refractivity contribution in [2.24, 2.45) is 16.8 Å². The molecule has 0 spiro atoms. The molecule has 6 heteroatoms. The van der Waals surface area contributed by atoms with Gasteiger partial charge in [-0.1, -0.05) is 18.1 Å². The molecule has 1 rings (SSSR count). The summed E-state index contributed by atoms with van der Waals surface area (Å²) in [6, 6.07) is 5.71. The molecule has 0 saturated carbocycles. The third kappa shape index (κ3) is 3.94. The van der Waals surface area contributed by atoms with Crippen molar-refractivity contribution in [2.75, 3.05) is 6.54 Å². The number of carbonyl (C=O) groups is 1. The van der Waals surface area contributed by atoms with Crippen molar-refractivity contribution in [1.29, 1.82) is 0 Å². The van der Waals surface area contributed by atoms with Crippen LogP contribution in [0.3, 0.4) is 0 Å². The molecule has 20 heavy (non-hydrogen) atoms. The first-order valence-electron chi connectivity index (χ1n) is 6.72. The lowest BCUT2D eigenvalue weighted by Gasteiger charge is -2.25. The quantitative estimate of drug-likeness (QED) is 0.357. The second-order valence-corrected chi connectivity index (χ2v) is 4.61. The van der Waals surface area contributed by atoms with Crippen LogP contribution >= 0.6 is 0 Å². The Morgan fingerprint density at radius 3 is 2.70 bits per heavy atom. The number of nitrogens with zero attached hydrogens (tertiary/aromatic N) is 3. The molecule has 6 nitrogen and oxygen atoms in total. The molecule has 0 radical (unpaired) electrons. The Labute approximate surface area is 119 Å². The second-order valence-electron chi connectivity index (χ2n) is 4.61. The monoisotopic (exact) mass is 278 g/mol. The lowest BCUT2D eigenvalue weighted by Crippen LogP contribution is -2.41. The fourth-order valence-corrected chi connectivity index (χ4v) is 2.03. The van der Waals surface area contributed by atoms with Gasteiger partial charge in [0.1, 0.15) is 0 Å². The van der Waals surface area contributed by atoms with Crippen LogP contribution in [0.2, 0.25) is 0 Å². The van der Waals surface area contributed by atoms with Gasteiger partial charge in [0.05, 0.1) is 18.2 Å². The van der Waals surface area contributed by atoms with E-state index >= 15 is 0 Å². The zero-order valence-electron chi connectivity index (χ0n) is 12.2. The average Bonchev–Trinajstić information content (AvgIpc) is 2.45. The van der Waals surface area contributed by atoms with Crippen molar-refractivity contribution in [1.82, 2.24) is 9.88 Å². The topological polar surface area (TPSA) is 91.8 Å². The van der Waals surface area contributed by atoms with Crippen LogP contribution in [0.15, 0.2) is 23.4 Å². The average molecular weight is 278 g/mol. The lowest BCUT2D eigenvalue weighted by molar-refractivity contribution is -0.134. The molecule has 1 unspecified atom stereocenters. The molecule has 0 saturated heterocycles. The highest BCUT2D eigenvalue weighted by atomic mass is 16.4. The van der Waals surface area contributed by atoms with Crippen molar-refractivity contribution < 1.29 is 10.0 Å². The predicted molar refractivity (Wildman–Crippen MR) is 77.3 cm³/mol. The van der Waals surface area contributed by atoms with E-state index in [0.717, 1.165) is 11.4 Å². The number of hydrogen-bond donors (Lipinski definition) is 2. The van der Waals surface area contributed by atoms with Crippen molar-refractivity contribution >= 4 is 11.7 Å². The Kier molecular flexibility index (Phi) is 5.96. The summed E-state index contributed by atoms with van der Waals surface area (Å²) in [4.78, 5) is 18.5. The highest BCUT2D eigenvalue weighted by molar-refractivity contribution is 6.01. The lowest BCUT2D eigenvalue weighted by atomic mass is 10.0. The summed E-state index contributed by atoms with van der Waals surface area (Å²) < 4.78 is 0. The van der Waals surface area contributed by atoms with Crippen molar-refractivity contribution in [2.45, 2.75) is 33.7 Å². The summed E-state index contributed by atoms with van der Waals surface area (Å²) in [5.74, 6) is -0.786. The van der Waals surface area contributed by atoms with E-state index in [0.29, 0.717) is 19.5 Å². The molecule has 1 aromatic heterocycles. The Balaban J connectivity index is 2.87. The molecular weight excluding hydrogens is 256 g/mol. The number of pyridine rings is 1. The summed E-state index contributed by atoms with van der Waals surface area (Å²) in [6.45, 7) is 6.61. The van der Waals surface area contributed by atoms with E-state index < -0.39 is 5.92 Å². The molecule has 1 amide bonds. The smallest absolute Gasteiger partial charge is 0.233 e. The van der Waals surface area contributed by atoms with Crippen LogP contribution in [-0.4, -0.2) is 33.4 Å². The number of nitrogens with two attached hydrogens (primary N) is 1. The number of hydrogen-bond acceptors (Lipinski definition) is 4. The molecule has 0 aromatic carbocycles. The molecule has 0 fully saturated rings. The third-order valence-corrected chi connectivity index (χ3v) is 3.17. The van der Waals surface area contributed by atoms with Crippen LogP contribution in [-0.2, 0) is 11.3 Å². The van der Waals surface area contributed by atoms with Gasteiger partial charge in [0.25, 0.3) is 0 Å². The first kappa shape index (κ1) is 15.9. The van der Waals surface area contributed by atoms with Gasteiger partial charge in [-0.2, -0.15) is 0 Å². The predicted octanol–water partition coefficient (Wildman–Crippen LogP) is 1.51. The molecular formula is C14H22N4O2. The Bertz CT molecular complexity index is 488. The van der Waals surface area contributed by atoms with Gasteiger partial charge in [-0.3, -0.25) is 9.78 Å². The number of aromatic nitrogens is 1. The zero-order chi connectivity index (χ0) is 15.1. The van der Waals surface area contributed by atoms with Gasteiger partial charge >= 0.3 is 0 Å². The minimum absolute atomic E-state index is 0.0480. The van der Waals surface area contributed by atoms with E-state index in [1.807, 2.05) is 39.0 Å². The van der Waals surface area contributed by atoms with Crippen LogP contribution in [0.5, 0.6) is 0 Å². The van der Waals surface area contributed by atoms with E-state index in [1.54, 1.807) is 4.90 Å². The maximum atomic E-state index is 12.4. The van der Waals surface area contributed by atoms with Gasteiger partial charge in [0, 0.05) is 12.2 Å². The summed E-state index contributed by atoms with van der Waals surface area (Å²) in [5, 5.41) is 11.7. The number of amides is 1. The molecule has 1 heterocycles. The summed E-state index contributed by atoms with van der Waals surface area (Å²) in [7, 11) is 0. The normalized spacial score (nSPS) is 13.1. The van der Waals surface area contributed by atoms with Crippen LogP contribution in [0, 0.1) is 12.8 Å². The molecule has 0 aliphatic rings. The Hall–Kier alpha value is -2.11. The molecule has 1 atom stereocenters. The number of carbonyl (C=O) groups excluding carboxylic acids is 1. The second kappa shape index (κ2) is 7.47. The maximum Gasteiger partial charge on any atom is 0.233 e. The largest absolute Gasteiger partial charge is 0.409 e. The SMILES string of the molecule is CCC(C(=O)N(CC)Cc1cccc(C)n1)/C(N)=N/O. The number of oxime groups is 1. The highest BCUT2D eigenvalue weighted by Crippen LogP contribution is 2.11. The first-order chi connectivity index (χ1) is 9.53. The molecule has 3 N–H and O–H groups in total. The first-order valence-corrected chi connectivity index (χ1v) is 6.72. The Morgan fingerprint density at radius 1 is 1.50 bits per heavy atom. The van der Waals surface area contributed by atoms with Crippen LogP contribution in [0.4, 0.5) is 0 Å². The van der Waals surface area contributed by atoms with Crippen LogP contribution in [0.25, 0.3) is 0 Å². The number of aryl methyl sites for hydroxylation is 1. The van der Waals surface area contributed by atoms with Crippen LogP contribution in [0.1, 0.15) is 31.7 Å². The fourth-order valence-electron chi connectivity index (χ4n) is 2.03. The molecule has 1 aromatic rings. The van der Waals surface area contributed by atoms with Crippen molar-refractivity contribution in [3.05, 3.63) is 29.6 Å². The number of amidine groups is 1. The van der Waals surface area contributed by atoms with Gasteiger partial charge in [0.2, 0.25) is 5.91 Å². The Morgan fingerprint density at radius 2 is 2.20 bits per heavy atom. The summed E-state index contributed by atoms with van der Waals surface area (Å²) in [6.07, 6.45) is 0.493. The van der Waals surface area contributed by atoms with E-state index in [-0.39, 0.29) is 11.7 Å². The zero-order valence-corrected chi connectivity index (χ0v) is 12.2. The minimum atomic E-state index is -0.593. The standard InChI is InChI=1S/C14H22N4O2/c1-4-12(13(15)17-20)14(19)18(5-2)9-11-8-6-7-10(3)16-11/h6-8,12,20H,4-5,9H2,1-3H3,(H2,15,17). The highest BCUT2D eigenvalue weighted by Gasteiger charge is 2.26. The minimum Gasteiger partial charge on any atom is -0.409 e. The van der Waals surface area contributed by atoms with E-state index in [9.17, 15) is 4.79 Å². The van der Waals surface area contributed by atoms with E-state index in [1.165, 1.54) is 0 Å². The maximum absolute atomic E-state index is 12.4. The van der Waals surface area contributed by atoms with Crippen molar-refractivity contribution in [3.8, 4) is 0 Å². The molecule has 0 aliphatic carbocycles. The van der Waals surface area contributed by atoms with Gasteiger partial charge in [-0.25, -0.2) is 0 Å². The fraction of sp³-hybridized carbons (Fsp3) is 0.500.